The smallest absolute Gasteiger partial charge is 0.0668 e. The van der Waals surface area contributed by atoms with E-state index >= 15 is 0 Å². The third kappa shape index (κ3) is 3.30. The Labute approximate surface area is 105 Å². The fourth-order valence-electron chi connectivity index (χ4n) is 2.25. The molecule has 17 heavy (non-hydrogen) atoms. The lowest BCUT2D eigenvalue weighted by atomic mass is 9.86. The number of hydrogen-bond donors (Lipinski definition) is 2. The van der Waals surface area contributed by atoms with Crippen molar-refractivity contribution in [2.75, 3.05) is 6.61 Å². The fraction of sp³-hybridized carbons (Fsp3) is 0.600. The minimum absolute atomic E-state index is 0.132. The highest BCUT2D eigenvalue weighted by Crippen LogP contribution is 2.25. The zero-order valence-electron chi connectivity index (χ0n) is 11.5. The van der Waals surface area contributed by atoms with Crippen LogP contribution >= 0.6 is 0 Å². The Morgan fingerprint density at radius 1 is 1.18 bits per heavy atom. The Balaban J connectivity index is 3.03. The molecule has 0 heterocycles. The SMILES string of the molecule is CCc1ccc(C(CC)(CO)NC(C)C)cc1. The lowest BCUT2D eigenvalue weighted by molar-refractivity contribution is 0.146. The van der Waals surface area contributed by atoms with Crippen molar-refractivity contribution in [1.29, 1.82) is 0 Å². The molecule has 1 aromatic rings. The van der Waals surface area contributed by atoms with E-state index in [1.807, 2.05) is 0 Å². The number of aliphatic hydroxyl groups is 1. The highest BCUT2D eigenvalue weighted by molar-refractivity contribution is 5.29. The predicted octanol–water partition coefficient (Wildman–Crippen LogP) is 2.84. The van der Waals surface area contributed by atoms with E-state index in [1.54, 1.807) is 0 Å². The number of aryl methyl sites for hydroxylation is 1. The van der Waals surface area contributed by atoms with Gasteiger partial charge < -0.3 is 10.4 Å². The van der Waals surface area contributed by atoms with Crippen LogP contribution in [0.4, 0.5) is 0 Å². The van der Waals surface area contributed by atoms with Gasteiger partial charge in [0.1, 0.15) is 0 Å². The van der Waals surface area contributed by atoms with Crippen molar-refractivity contribution < 1.29 is 5.11 Å². The number of aliphatic hydroxyl groups excluding tert-OH is 1. The van der Waals surface area contributed by atoms with Crippen LogP contribution in [0.5, 0.6) is 0 Å². The van der Waals surface area contributed by atoms with Gasteiger partial charge in [0.15, 0.2) is 0 Å². The molecule has 0 bridgehead atoms. The largest absolute Gasteiger partial charge is 0.394 e. The molecule has 0 aromatic heterocycles. The van der Waals surface area contributed by atoms with Gasteiger partial charge in [0.2, 0.25) is 0 Å². The Morgan fingerprint density at radius 3 is 2.12 bits per heavy atom. The van der Waals surface area contributed by atoms with E-state index in [2.05, 4.69) is 57.3 Å². The monoisotopic (exact) mass is 235 g/mol. The molecule has 0 aliphatic carbocycles. The molecule has 0 fully saturated rings. The van der Waals surface area contributed by atoms with E-state index in [0.29, 0.717) is 6.04 Å². The van der Waals surface area contributed by atoms with Crippen molar-refractivity contribution >= 4 is 0 Å². The summed E-state index contributed by atoms with van der Waals surface area (Å²) in [5.74, 6) is 0. The molecule has 0 aliphatic rings. The van der Waals surface area contributed by atoms with Crippen LogP contribution < -0.4 is 5.32 Å². The van der Waals surface area contributed by atoms with Crippen LogP contribution in [-0.2, 0) is 12.0 Å². The van der Waals surface area contributed by atoms with E-state index in [-0.39, 0.29) is 12.1 Å². The molecule has 96 valence electrons. The molecule has 0 saturated heterocycles. The van der Waals surface area contributed by atoms with Gasteiger partial charge in [-0.15, -0.1) is 0 Å². The fourth-order valence-corrected chi connectivity index (χ4v) is 2.25. The molecule has 1 unspecified atom stereocenters. The van der Waals surface area contributed by atoms with Gasteiger partial charge in [-0.25, -0.2) is 0 Å². The lowest BCUT2D eigenvalue weighted by Crippen LogP contribution is -2.48. The molecule has 2 N–H and O–H groups in total. The van der Waals surface area contributed by atoms with Gasteiger partial charge in [-0.05, 0) is 37.8 Å². The van der Waals surface area contributed by atoms with Gasteiger partial charge in [0, 0.05) is 6.04 Å². The minimum Gasteiger partial charge on any atom is -0.394 e. The summed E-state index contributed by atoms with van der Waals surface area (Å²) in [6.07, 6.45) is 1.93. The van der Waals surface area contributed by atoms with Crippen LogP contribution in [0, 0.1) is 0 Å². The summed E-state index contributed by atoms with van der Waals surface area (Å²) < 4.78 is 0. The minimum atomic E-state index is -0.305. The normalized spacial score (nSPS) is 14.9. The topological polar surface area (TPSA) is 32.3 Å². The standard InChI is InChI=1S/C15H25NO/c1-5-13-7-9-14(10-8-13)15(6-2,11-17)16-12(3)4/h7-10,12,16-17H,5-6,11H2,1-4H3. The van der Waals surface area contributed by atoms with E-state index in [9.17, 15) is 5.11 Å². The second-order valence-corrected chi connectivity index (χ2v) is 4.94. The summed E-state index contributed by atoms with van der Waals surface area (Å²) >= 11 is 0. The van der Waals surface area contributed by atoms with E-state index in [1.165, 1.54) is 11.1 Å². The van der Waals surface area contributed by atoms with Gasteiger partial charge >= 0.3 is 0 Å². The molecule has 1 rings (SSSR count). The third-order valence-electron chi connectivity index (χ3n) is 3.35. The first kappa shape index (κ1) is 14.2. The number of nitrogens with one attached hydrogen (secondary N) is 1. The second kappa shape index (κ2) is 6.18. The van der Waals surface area contributed by atoms with Crippen molar-refractivity contribution in [2.45, 2.75) is 52.1 Å². The Morgan fingerprint density at radius 2 is 1.76 bits per heavy atom. The van der Waals surface area contributed by atoms with Crippen molar-refractivity contribution in [1.82, 2.24) is 5.32 Å². The van der Waals surface area contributed by atoms with Crippen LogP contribution in [-0.4, -0.2) is 17.8 Å². The highest BCUT2D eigenvalue weighted by Gasteiger charge is 2.29. The highest BCUT2D eigenvalue weighted by atomic mass is 16.3. The Hall–Kier alpha value is -0.860. The van der Waals surface area contributed by atoms with Crippen molar-refractivity contribution in [3.8, 4) is 0 Å². The quantitative estimate of drug-likeness (QED) is 0.794. The zero-order valence-corrected chi connectivity index (χ0v) is 11.5. The number of benzene rings is 1. The summed E-state index contributed by atoms with van der Waals surface area (Å²) in [6, 6.07) is 8.92. The third-order valence-corrected chi connectivity index (χ3v) is 3.35. The van der Waals surface area contributed by atoms with E-state index in [0.717, 1.165) is 12.8 Å². The average molecular weight is 235 g/mol. The summed E-state index contributed by atoms with van der Waals surface area (Å²) in [6.45, 7) is 8.62. The maximum Gasteiger partial charge on any atom is 0.0668 e. The van der Waals surface area contributed by atoms with Crippen LogP contribution in [0.15, 0.2) is 24.3 Å². The van der Waals surface area contributed by atoms with Crippen LogP contribution in [0.3, 0.4) is 0 Å². The molecule has 0 radical (unpaired) electrons. The summed E-state index contributed by atoms with van der Waals surface area (Å²) in [7, 11) is 0. The summed E-state index contributed by atoms with van der Waals surface area (Å²) in [4.78, 5) is 0. The molecule has 0 saturated carbocycles. The van der Waals surface area contributed by atoms with Crippen molar-refractivity contribution in [3.63, 3.8) is 0 Å². The van der Waals surface area contributed by atoms with Crippen molar-refractivity contribution in [2.24, 2.45) is 0 Å². The Kier molecular flexibility index (Phi) is 5.16. The zero-order chi connectivity index (χ0) is 12.9. The molecule has 0 amide bonds. The van der Waals surface area contributed by atoms with Gasteiger partial charge in [-0.2, -0.15) is 0 Å². The van der Waals surface area contributed by atoms with Crippen LogP contribution in [0.25, 0.3) is 0 Å². The van der Waals surface area contributed by atoms with Crippen LogP contribution in [0.1, 0.15) is 45.2 Å². The number of rotatable bonds is 6. The summed E-state index contributed by atoms with van der Waals surface area (Å²) in [5.41, 5.74) is 2.20. The molecular formula is C15H25NO. The van der Waals surface area contributed by atoms with Gasteiger partial charge in [0.05, 0.1) is 12.1 Å². The van der Waals surface area contributed by atoms with E-state index < -0.39 is 0 Å². The van der Waals surface area contributed by atoms with Crippen molar-refractivity contribution in [3.05, 3.63) is 35.4 Å². The second-order valence-electron chi connectivity index (χ2n) is 4.94. The van der Waals surface area contributed by atoms with Gasteiger partial charge in [-0.3, -0.25) is 0 Å². The van der Waals surface area contributed by atoms with Crippen LogP contribution in [0.2, 0.25) is 0 Å². The lowest BCUT2D eigenvalue weighted by Gasteiger charge is -2.35. The Bertz CT molecular complexity index is 325. The number of hydrogen-bond acceptors (Lipinski definition) is 2. The molecule has 1 atom stereocenters. The predicted molar refractivity (Wildman–Crippen MR) is 73.1 cm³/mol. The van der Waals surface area contributed by atoms with Gasteiger partial charge in [-0.1, -0.05) is 38.1 Å². The first-order valence-electron chi connectivity index (χ1n) is 6.56. The maximum absolute atomic E-state index is 9.74. The average Bonchev–Trinajstić information content (AvgIpc) is 2.36. The van der Waals surface area contributed by atoms with E-state index in [4.69, 9.17) is 0 Å². The molecule has 0 spiro atoms. The molecule has 2 heteroatoms. The van der Waals surface area contributed by atoms with Gasteiger partial charge in [0.25, 0.3) is 0 Å². The molecular weight excluding hydrogens is 210 g/mol. The molecule has 0 aliphatic heterocycles. The first-order valence-corrected chi connectivity index (χ1v) is 6.56. The maximum atomic E-state index is 9.74. The summed E-state index contributed by atoms with van der Waals surface area (Å²) in [5, 5.41) is 13.2. The molecule has 2 nitrogen and oxygen atoms in total. The molecule has 1 aromatic carbocycles. The first-order chi connectivity index (χ1) is 8.07.